The Kier molecular flexibility index (Phi) is 5.35. The number of halogens is 1. The highest BCUT2D eigenvalue weighted by Gasteiger charge is 2.20. The van der Waals surface area contributed by atoms with Crippen molar-refractivity contribution in [3.05, 3.63) is 29.6 Å². The molecular formula is C15H20FNO3. The van der Waals surface area contributed by atoms with Crippen molar-refractivity contribution in [1.29, 1.82) is 0 Å². The summed E-state index contributed by atoms with van der Waals surface area (Å²) >= 11 is 0. The van der Waals surface area contributed by atoms with Gasteiger partial charge in [-0.15, -0.1) is 0 Å². The Morgan fingerprint density at radius 1 is 1.45 bits per heavy atom. The molecule has 110 valence electrons. The first-order valence-electron chi connectivity index (χ1n) is 6.90. The maximum Gasteiger partial charge on any atom is 0.305 e. The van der Waals surface area contributed by atoms with Gasteiger partial charge in [-0.05, 0) is 37.5 Å². The first kappa shape index (κ1) is 14.8. The number of ether oxygens (including phenoxy) is 2. The predicted molar refractivity (Wildman–Crippen MR) is 73.0 cm³/mol. The number of hydrogen-bond donors (Lipinski definition) is 1. The second-order valence-corrected chi connectivity index (χ2v) is 4.94. The van der Waals surface area contributed by atoms with Gasteiger partial charge in [0.05, 0.1) is 13.7 Å². The molecule has 0 heterocycles. The van der Waals surface area contributed by atoms with Crippen molar-refractivity contribution < 1.29 is 18.7 Å². The van der Waals surface area contributed by atoms with Gasteiger partial charge in [0.25, 0.3) is 0 Å². The Balaban J connectivity index is 1.83. The normalized spacial score (nSPS) is 14.1. The SMILES string of the molecule is COC(=O)CCCOc1ccc(F)cc1CNC1CC1. The highest BCUT2D eigenvalue weighted by Crippen LogP contribution is 2.23. The summed E-state index contributed by atoms with van der Waals surface area (Å²) in [6.45, 7) is 1.02. The molecule has 5 heteroatoms. The van der Waals surface area contributed by atoms with Gasteiger partial charge >= 0.3 is 5.97 Å². The maximum absolute atomic E-state index is 13.3. The summed E-state index contributed by atoms with van der Waals surface area (Å²) in [5.74, 6) is 0.159. The lowest BCUT2D eigenvalue weighted by atomic mass is 10.2. The van der Waals surface area contributed by atoms with Gasteiger partial charge in [0, 0.05) is 24.6 Å². The Labute approximate surface area is 118 Å². The van der Waals surface area contributed by atoms with Gasteiger partial charge in [-0.2, -0.15) is 0 Å². The van der Waals surface area contributed by atoms with Crippen LogP contribution in [0.15, 0.2) is 18.2 Å². The van der Waals surface area contributed by atoms with Crippen LogP contribution in [0.25, 0.3) is 0 Å². The molecule has 1 saturated carbocycles. The molecule has 0 aliphatic heterocycles. The topological polar surface area (TPSA) is 47.6 Å². The first-order chi connectivity index (χ1) is 9.69. The summed E-state index contributed by atoms with van der Waals surface area (Å²) in [6, 6.07) is 5.07. The summed E-state index contributed by atoms with van der Waals surface area (Å²) in [5, 5.41) is 3.34. The maximum atomic E-state index is 13.3. The van der Waals surface area contributed by atoms with Crippen LogP contribution in [0.5, 0.6) is 5.75 Å². The standard InChI is InChI=1S/C15H20FNO3/c1-19-15(18)3-2-8-20-14-7-4-12(16)9-11(14)10-17-13-5-6-13/h4,7,9,13,17H,2-3,5-6,8,10H2,1H3. The van der Waals surface area contributed by atoms with Gasteiger partial charge < -0.3 is 14.8 Å². The largest absolute Gasteiger partial charge is 0.493 e. The number of carbonyl (C=O) groups excluding carboxylic acids is 1. The molecule has 0 amide bonds. The number of hydrogen-bond acceptors (Lipinski definition) is 4. The van der Waals surface area contributed by atoms with Crippen molar-refractivity contribution in [3.8, 4) is 5.75 Å². The lowest BCUT2D eigenvalue weighted by Gasteiger charge is -2.12. The van der Waals surface area contributed by atoms with Crippen molar-refractivity contribution >= 4 is 5.97 Å². The molecule has 1 N–H and O–H groups in total. The molecule has 0 bridgehead atoms. The van der Waals surface area contributed by atoms with E-state index in [0.717, 1.165) is 5.56 Å². The van der Waals surface area contributed by atoms with Crippen LogP contribution in [0, 0.1) is 5.82 Å². The van der Waals surface area contributed by atoms with E-state index in [9.17, 15) is 9.18 Å². The molecular weight excluding hydrogens is 261 g/mol. The van der Waals surface area contributed by atoms with Crippen LogP contribution in [-0.2, 0) is 16.1 Å². The Morgan fingerprint density at radius 2 is 2.25 bits per heavy atom. The minimum atomic E-state index is -0.264. The zero-order valence-corrected chi connectivity index (χ0v) is 11.7. The van der Waals surface area contributed by atoms with E-state index in [1.807, 2.05) is 0 Å². The zero-order valence-electron chi connectivity index (χ0n) is 11.7. The molecule has 1 fully saturated rings. The second kappa shape index (κ2) is 7.24. The molecule has 20 heavy (non-hydrogen) atoms. The molecule has 1 aromatic carbocycles. The second-order valence-electron chi connectivity index (χ2n) is 4.94. The van der Waals surface area contributed by atoms with Crippen molar-refractivity contribution in [1.82, 2.24) is 5.32 Å². The number of rotatable bonds is 8. The third-order valence-electron chi connectivity index (χ3n) is 3.19. The fourth-order valence-electron chi connectivity index (χ4n) is 1.87. The molecule has 0 atom stereocenters. The minimum absolute atomic E-state index is 0.247. The summed E-state index contributed by atoms with van der Waals surface area (Å²) in [7, 11) is 1.37. The third kappa shape index (κ3) is 4.81. The van der Waals surface area contributed by atoms with E-state index in [2.05, 4.69) is 10.1 Å². The summed E-state index contributed by atoms with van der Waals surface area (Å²) in [5.41, 5.74) is 0.815. The summed E-state index contributed by atoms with van der Waals surface area (Å²) in [4.78, 5) is 11.0. The van der Waals surface area contributed by atoms with Crippen LogP contribution in [0.2, 0.25) is 0 Å². The van der Waals surface area contributed by atoms with E-state index in [4.69, 9.17) is 4.74 Å². The van der Waals surface area contributed by atoms with Gasteiger partial charge in [0.1, 0.15) is 11.6 Å². The zero-order chi connectivity index (χ0) is 14.4. The number of esters is 1. The highest BCUT2D eigenvalue weighted by molar-refractivity contribution is 5.69. The third-order valence-corrected chi connectivity index (χ3v) is 3.19. The van der Waals surface area contributed by atoms with Crippen molar-refractivity contribution in [3.63, 3.8) is 0 Å². The van der Waals surface area contributed by atoms with E-state index in [-0.39, 0.29) is 11.8 Å². The van der Waals surface area contributed by atoms with Crippen LogP contribution in [0.4, 0.5) is 4.39 Å². The van der Waals surface area contributed by atoms with Crippen LogP contribution in [0.1, 0.15) is 31.2 Å². The molecule has 1 aliphatic carbocycles. The summed E-state index contributed by atoms with van der Waals surface area (Å²) in [6.07, 6.45) is 3.28. The number of methoxy groups -OCH3 is 1. The fraction of sp³-hybridized carbons (Fsp3) is 0.533. The lowest BCUT2D eigenvalue weighted by Crippen LogP contribution is -2.16. The van der Waals surface area contributed by atoms with E-state index < -0.39 is 0 Å². The first-order valence-corrected chi connectivity index (χ1v) is 6.90. The van der Waals surface area contributed by atoms with Crippen molar-refractivity contribution in [2.75, 3.05) is 13.7 Å². The van der Waals surface area contributed by atoms with Crippen LogP contribution in [0.3, 0.4) is 0 Å². The molecule has 0 unspecified atom stereocenters. The molecule has 0 radical (unpaired) electrons. The Morgan fingerprint density at radius 3 is 2.95 bits per heavy atom. The molecule has 1 aromatic rings. The van der Waals surface area contributed by atoms with Gasteiger partial charge in [0.2, 0.25) is 0 Å². The van der Waals surface area contributed by atoms with E-state index >= 15 is 0 Å². The van der Waals surface area contributed by atoms with Gasteiger partial charge in [-0.25, -0.2) is 4.39 Å². The highest BCUT2D eigenvalue weighted by atomic mass is 19.1. The number of carbonyl (C=O) groups is 1. The van der Waals surface area contributed by atoms with E-state index in [1.165, 1.54) is 32.1 Å². The fourth-order valence-corrected chi connectivity index (χ4v) is 1.87. The summed E-state index contributed by atoms with van der Waals surface area (Å²) < 4.78 is 23.5. The van der Waals surface area contributed by atoms with E-state index in [0.29, 0.717) is 37.8 Å². The van der Waals surface area contributed by atoms with Gasteiger partial charge in [-0.1, -0.05) is 0 Å². The predicted octanol–water partition coefficient (Wildman–Crippen LogP) is 2.41. The monoisotopic (exact) mass is 281 g/mol. The van der Waals surface area contributed by atoms with Crippen LogP contribution >= 0.6 is 0 Å². The van der Waals surface area contributed by atoms with Gasteiger partial charge in [-0.3, -0.25) is 4.79 Å². The average Bonchev–Trinajstić information content (AvgIpc) is 3.26. The minimum Gasteiger partial charge on any atom is -0.493 e. The molecule has 2 rings (SSSR count). The Hall–Kier alpha value is -1.62. The molecule has 0 spiro atoms. The smallest absolute Gasteiger partial charge is 0.305 e. The number of benzene rings is 1. The average molecular weight is 281 g/mol. The van der Waals surface area contributed by atoms with Crippen LogP contribution in [-0.4, -0.2) is 25.7 Å². The Bertz CT molecular complexity index is 460. The quantitative estimate of drug-likeness (QED) is 0.587. The number of nitrogens with one attached hydrogen (secondary N) is 1. The van der Waals surface area contributed by atoms with Crippen molar-refractivity contribution in [2.45, 2.75) is 38.3 Å². The van der Waals surface area contributed by atoms with Crippen LogP contribution < -0.4 is 10.1 Å². The molecule has 0 saturated heterocycles. The lowest BCUT2D eigenvalue weighted by molar-refractivity contribution is -0.140. The molecule has 4 nitrogen and oxygen atoms in total. The van der Waals surface area contributed by atoms with Gasteiger partial charge in [0.15, 0.2) is 0 Å². The van der Waals surface area contributed by atoms with Crippen molar-refractivity contribution in [2.24, 2.45) is 0 Å². The van der Waals surface area contributed by atoms with E-state index in [1.54, 1.807) is 6.07 Å². The molecule has 1 aliphatic rings. The molecule has 0 aromatic heterocycles.